The highest BCUT2D eigenvalue weighted by atomic mass is 35.5. The standard InChI is InChI=1S/C13H10BClFNO3/c15-9-2-1-3-10(7-9)17-13(18)8-4-5-12(16)11(6-8)14(19)20/h1-7,19-20H,(H,17,18). The van der Waals surface area contributed by atoms with Crippen LogP contribution in [0.3, 0.4) is 0 Å². The average Bonchev–Trinajstić information content (AvgIpc) is 2.38. The number of hydrogen-bond acceptors (Lipinski definition) is 3. The lowest BCUT2D eigenvalue weighted by molar-refractivity contribution is 0.102. The Bertz CT molecular complexity index is 651. The van der Waals surface area contributed by atoms with Crippen molar-refractivity contribution in [3.63, 3.8) is 0 Å². The molecular formula is C13H10BClFNO3. The lowest BCUT2D eigenvalue weighted by atomic mass is 9.79. The molecule has 0 heterocycles. The molecule has 0 aliphatic heterocycles. The van der Waals surface area contributed by atoms with Crippen molar-refractivity contribution in [1.29, 1.82) is 0 Å². The average molecular weight is 293 g/mol. The first-order chi connectivity index (χ1) is 9.47. The van der Waals surface area contributed by atoms with E-state index in [2.05, 4.69) is 5.32 Å². The molecule has 0 aliphatic rings. The van der Waals surface area contributed by atoms with E-state index < -0.39 is 18.8 Å². The molecule has 0 bridgehead atoms. The van der Waals surface area contributed by atoms with Crippen LogP contribution in [-0.2, 0) is 0 Å². The van der Waals surface area contributed by atoms with Gasteiger partial charge in [0.25, 0.3) is 5.91 Å². The molecule has 4 nitrogen and oxygen atoms in total. The van der Waals surface area contributed by atoms with Crippen LogP contribution in [-0.4, -0.2) is 23.1 Å². The number of anilines is 1. The van der Waals surface area contributed by atoms with Gasteiger partial charge in [-0.2, -0.15) is 0 Å². The number of rotatable bonds is 3. The molecule has 1 amide bonds. The van der Waals surface area contributed by atoms with Crippen molar-refractivity contribution in [3.05, 3.63) is 58.9 Å². The Morgan fingerprint density at radius 2 is 1.95 bits per heavy atom. The zero-order valence-electron chi connectivity index (χ0n) is 10.2. The summed E-state index contributed by atoms with van der Waals surface area (Å²) in [5, 5.41) is 21.0. The molecule has 0 unspecified atom stereocenters. The maximum absolute atomic E-state index is 13.3. The van der Waals surface area contributed by atoms with Gasteiger partial charge >= 0.3 is 7.12 Å². The van der Waals surface area contributed by atoms with Gasteiger partial charge in [-0.25, -0.2) is 4.39 Å². The summed E-state index contributed by atoms with van der Waals surface area (Å²) in [7, 11) is -1.98. The van der Waals surface area contributed by atoms with Gasteiger partial charge < -0.3 is 15.4 Å². The Hall–Kier alpha value is -1.89. The van der Waals surface area contributed by atoms with Crippen LogP contribution in [0.25, 0.3) is 0 Å². The summed E-state index contributed by atoms with van der Waals surface area (Å²) in [6, 6.07) is 9.88. The third-order valence-corrected chi connectivity index (χ3v) is 2.85. The van der Waals surface area contributed by atoms with Gasteiger partial charge in [0.05, 0.1) is 0 Å². The van der Waals surface area contributed by atoms with E-state index in [0.29, 0.717) is 10.7 Å². The second-order valence-corrected chi connectivity index (χ2v) is 4.51. The number of carbonyl (C=O) groups is 1. The minimum Gasteiger partial charge on any atom is -0.423 e. The summed E-state index contributed by atoms with van der Waals surface area (Å²) in [6.45, 7) is 0. The third kappa shape index (κ3) is 3.36. The topological polar surface area (TPSA) is 69.6 Å². The first-order valence-electron chi connectivity index (χ1n) is 5.70. The highest BCUT2D eigenvalue weighted by Gasteiger charge is 2.18. The summed E-state index contributed by atoms with van der Waals surface area (Å²) in [6.07, 6.45) is 0. The Balaban J connectivity index is 2.23. The molecule has 20 heavy (non-hydrogen) atoms. The number of nitrogens with one attached hydrogen (secondary N) is 1. The predicted octanol–water partition coefficient (Wildman–Crippen LogP) is 1.41. The molecule has 0 aliphatic carbocycles. The van der Waals surface area contributed by atoms with Crippen LogP contribution < -0.4 is 10.8 Å². The van der Waals surface area contributed by atoms with E-state index in [0.717, 1.165) is 12.1 Å². The second-order valence-electron chi connectivity index (χ2n) is 4.07. The molecule has 102 valence electrons. The Morgan fingerprint density at radius 1 is 1.20 bits per heavy atom. The van der Waals surface area contributed by atoms with Crippen molar-refractivity contribution in [1.82, 2.24) is 0 Å². The number of hydrogen-bond donors (Lipinski definition) is 3. The number of halogens is 2. The summed E-state index contributed by atoms with van der Waals surface area (Å²) >= 11 is 5.79. The molecule has 2 aromatic rings. The van der Waals surface area contributed by atoms with Crippen molar-refractivity contribution in [2.45, 2.75) is 0 Å². The molecule has 3 N–H and O–H groups in total. The lowest BCUT2D eigenvalue weighted by Crippen LogP contribution is -2.33. The van der Waals surface area contributed by atoms with Gasteiger partial charge in [0.15, 0.2) is 0 Å². The van der Waals surface area contributed by atoms with Gasteiger partial charge in [-0.05, 0) is 36.4 Å². The fraction of sp³-hybridized carbons (Fsp3) is 0. The van der Waals surface area contributed by atoms with E-state index in [1.165, 1.54) is 6.07 Å². The molecule has 0 atom stereocenters. The van der Waals surface area contributed by atoms with Crippen LogP contribution in [0.1, 0.15) is 10.4 Å². The predicted molar refractivity (Wildman–Crippen MR) is 75.6 cm³/mol. The summed E-state index contributed by atoms with van der Waals surface area (Å²) < 4.78 is 13.3. The van der Waals surface area contributed by atoms with Crippen LogP contribution >= 0.6 is 11.6 Å². The SMILES string of the molecule is O=C(Nc1cccc(Cl)c1)c1ccc(F)c(B(O)O)c1. The Morgan fingerprint density at radius 3 is 2.60 bits per heavy atom. The molecule has 0 aromatic heterocycles. The fourth-order valence-electron chi connectivity index (χ4n) is 1.65. The summed E-state index contributed by atoms with van der Waals surface area (Å²) in [5.41, 5.74) is 0.233. The Kier molecular flexibility index (Phi) is 4.39. The molecule has 0 saturated heterocycles. The van der Waals surface area contributed by atoms with Crippen molar-refractivity contribution in [2.75, 3.05) is 5.32 Å². The molecule has 2 rings (SSSR count). The first-order valence-corrected chi connectivity index (χ1v) is 6.07. The molecule has 7 heteroatoms. The molecule has 0 spiro atoms. The molecule has 0 radical (unpaired) electrons. The van der Waals surface area contributed by atoms with Crippen LogP contribution in [0.4, 0.5) is 10.1 Å². The minimum absolute atomic E-state index is 0.106. The highest BCUT2D eigenvalue weighted by Crippen LogP contribution is 2.15. The van der Waals surface area contributed by atoms with Gasteiger partial charge in [-0.3, -0.25) is 4.79 Å². The number of amides is 1. The molecule has 0 fully saturated rings. The van der Waals surface area contributed by atoms with E-state index in [1.807, 2.05) is 0 Å². The minimum atomic E-state index is -1.98. The lowest BCUT2D eigenvalue weighted by Gasteiger charge is -2.08. The van der Waals surface area contributed by atoms with Crippen molar-refractivity contribution >= 4 is 35.8 Å². The highest BCUT2D eigenvalue weighted by molar-refractivity contribution is 6.58. The zero-order valence-corrected chi connectivity index (χ0v) is 10.9. The smallest absolute Gasteiger partial charge is 0.423 e. The molecular weight excluding hydrogens is 283 g/mol. The van der Waals surface area contributed by atoms with Crippen LogP contribution in [0.2, 0.25) is 5.02 Å². The van der Waals surface area contributed by atoms with Crippen molar-refractivity contribution in [2.24, 2.45) is 0 Å². The van der Waals surface area contributed by atoms with E-state index in [4.69, 9.17) is 21.6 Å². The third-order valence-electron chi connectivity index (χ3n) is 2.62. The van der Waals surface area contributed by atoms with Crippen LogP contribution in [0.15, 0.2) is 42.5 Å². The Labute approximate surface area is 120 Å². The van der Waals surface area contributed by atoms with E-state index in [1.54, 1.807) is 24.3 Å². The normalized spacial score (nSPS) is 10.2. The maximum Gasteiger partial charge on any atom is 0.491 e. The van der Waals surface area contributed by atoms with Gasteiger partial charge in [0, 0.05) is 21.7 Å². The molecule has 2 aromatic carbocycles. The van der Waals surface area contributed by atoms with E-state index >= 15 is 0 Å². The van der Waals surface area contributed by atoms with Crippen molar-refractivity contribution < 1.29 is 19.2 Å². The van der Waals surface area contributed by atoms with E-state index in [9.17, 15) is 9.18 Å². The maximum atomic E-state index is 13.3. The zero-order chi connectivity index (χ0) is 14.7. The van der Waals surface area contributed by atoms with Gasteiger partial charge in [0.2, 0.25) is 0 Å². The fourth-order valence-corrected chi connectivity index (χ4v) is 1.84. The summed E-state index contributed by atoms with van der Waals surface area (Å²) in [4.78, 5) is 12.0. The molecule has 0 saturated carbocycles. The number of benzene rings is 2. The summed E-state index contributed by atoms with van der Waals surface area (Å²) in [5.74, 6) is -1.30. The van der Waals surface area contributed by atoms with Crippen molar-refractivity contribution in [3.8, 4) is 0 Å². The van der Waals surface area contributed by atoms with Crippen LogP contribution in [0.5, 0.6) is 0 Å². The van der Waals surface area contributed by atoms with Gasteiger partial charge in [0.1, 0.15) is 5.82 Å². The van der Waals surface area contributed by atoms with Gasteiger partial charge in [-0.1, -0.05) is 17.7 Å². The monoisotopic (exact) mass is 293 g/mol. The van der Waals surface area contributed by atoms with E-state index in [-0.39, 0.29) is 11.0 Å². The van der Waals surface area contributed by atoms with Gasteiger partial charge in [-0.15, -0.1) is 0 Å². The second kappa shape index (κ2) is 6.05. The first kappa shape index (κ1) is 14.5. The quantitative estimate of drug-likeness (QED) is 0.750. The number of carbonyl (C=O) groups excluding carboxylic acids is 1. The largest absolute Gasteiger partial charge is 0.491 e. The van der Waals surface area contributed by atoms with Crippen LogP contribution in [0, 0.1) is 5.82 Å².